The molecule has 1 aromatic rings. The lowest BCUT2D eigenvalue weighted by Gasteiger charge is -2.38. The number of halogens is 4. The van der Waals surface area contributed by atoms with Crippen molar-refractivity contribution in [3.63, 3.8) is 0 Å². The molecule has 2 rings (SSSR count). The first-order valence-corrected chi connectivity index (χ1v) is 8.27. The minimum atomic E-state index is -4.68. The van der Waals surface area contributed by atoms with Crippen LogP contribution in [0.5, 0.6) is 0 Å². The lowest BCUT2D eigenvalue weighted by molar-refractivity contribution is -0.178. The van der Waals surface area contributed by atoms with Crippen LogP contribution in [0.2, 0.25) is 0 Å². The van der Waals surface area contributed by atoms with Gasteiger partial charge in [-0.25, -0.2) is 12.8 Å². The van der Waals surface area contributed by atoms with E-state index in [1.54, 1.807) is 0 Å². The maximum atomic E-state index is 13.6. The van der Waals surface area contributed by atoms with E-state index in [0.29, 0.717) is 4.31 Å². The van der Waals surface area contributed by atoms with Crippen molar-refractivity contribution in [3.8, 4) is 0 Å². The van der Waals surface area contributed by atoms with E-state index in [0.717, 1.165) is 6.07 Å². The lowest BCUT2D eigenvalue weighted by Crippen LogP contribution is -2.56. The highest BCUT2D eigenvalue weighted by Crippen LogP contribution is 2.34. The maximum Gasteiger partial charge on any atom is 0.405 e. The zero-order valence-electron chi connectivity index (χ0n) is 11.6. The first-order valence-electron chi connectivity index (χ1n) is 6.66. The van der Waals surface area contributed by atoms with Crippen LogP contribution in [0.3, 0.4) is 0 Å². The Balaban J connectivity index is 2.30. The molecule has 124 valence electrons. The highest BCUT2D eigenvalue weighted by atomic mass is 32.2. The summed E-state index contributed by atoms with van der Waals surface area (Å²) in [6, 6.07) is 2.34. The molecule has 2 atom stereocenters. The molecule has 1 aliphatic rings. The summed E-state index contributed by atoms with van der Waals surface area (Å²) in [5, 5.41) is 0. The van der Waals surface area contributed by atoms with E-state index in [1.807, 2.05) is 0 Å². The number of hydrogen-bond donors (Lipinski definition) is 1. The van der Waals surface area contributed by atoms with Crippen molar-refractivity contribution in [2.24, 2.45) is 5.73 Å². The predicted molar refractivity (Wildman–Crippen MR) is 72.8 cm³/mol. The van der Waals surface area contributed by atoms with E-state index in [-0.39, 0.29) is 18.4 Å². The summed E-state index contributed by atoms with van der Waals surface area (Å²) in [6.07, 6.45) is -4.97. The van der Waals surface area contributed by atoms with E-state index < -0.39 is 46.4 Å². The van der Waals surface area contributed by atoms with Crippen LogP contribution in [0.4, 0.5) is 17.6 Å². The van der Waals surface area contributed by atoms with Crippen molar-refractivity contribution >= 4 is 10.0 Å². The molecule has 0 spiro atoms. The third kappa shape index (κ3) is 3.76. The second-order valence-electron chi connectivity index (χ2n) is 5.31. The molecule has 4 nitrogen and oxygen atoms in total. The van der Waals surface area contributed by atoms with Crippen molar-refractivity contribution in [2.75, 3.05) is 6.54 Å². The maximum absolute atomic E-state index is 13.6. The Morgan fingerprint density at radius 3 is 2.45 bits per heavy atom. The quantitative estimate of drug-likeness (QED) is 0.856. The van der Waals surface area contributed by atoms with Gasteiger partial charge < -0.3 is 5.73 Å². The van der Waals surface area contributed by atoms with Crippen LogP contribution in [-0.2, 0) is 15.8 Å². The summed E-state index contributed by atoms with van der Waals surface area (Å²) in [5.74, 6) is -1.59. The Bertz CT molecular complexity index is 633. The number of hydrogen-bond acceptors (Lipinski definition) is 3. The second-order valence-corrected chi connectivity index (χ2v) is 7.23. The molecule has 0 amide bonds. The van der Waals surface area contributed by atoms with Crippen LogP contribution in [0.1, 0.15) is 18.4 Å². The molecule has 1 aliphatic heterocycles. The lowest BCUT2D eigenvalue weighted by atomic mass is 10.0. The number of piperidine rings is 1. The minimum Gasteiger partial charge on any atom is -0.327 e. The molecule has 1 heterocycles. The molecule has 9 heteroatoms. The van der Waals surface area contributed by atoms with E-state index >= 15 is 0 Å². The van der Waals surface area contributed by atoms with E-state index in [9.17, 15) is 26.0 Å². The van der Waals surface area contributed by atoms with Crippen LogP contribution in [0.25, 0.3) is 0 Å². The standard InChI is InChI=1S/C13H16F4N2O2S/c14-11-4-2-1-3-9(11)8-22(20,21)19-7-10(18)5-6-12(19)13(15,16)17/h1-4,10,12H,5-8,18H2. The summed E-state index contributed by atoms with van der Waals surface area (Å²) in [6.45, 7) is -0.416. The topological polar surface area (TPSA) is 63.4 Å². The summed E-state index contributed by atoms with van der Waals surface area (Å²) < 4.78 is 77.7. The smallest absolute Gasteiger partial charge is 0.327 e. The van der Waals surface area contributed by atoms with E-state index in [2.05, 4.69) is 0 Å². The molecule has 0 saturated carbocycles. The van der Waals surface area contributed by atoms with Crippen molar-refractivity contribution in [1.29, 1.82) is 0 Å². The molecule has 0 radical (unpaired) electrons. The third-order valence-electron chi connectivity index (χ3n) is 3.60. The number of nitrogens with two attached hydrogens (primary N) is 1. The molecule has 1 aromatic carbocycles. The monoisotopic (exact) mass is 340 g/mol. The number of nitrogens with zero attached hydrogens (tertiary/aromatic N) is 1. The number of benzene rings is 1. The van der Waals surface area contributed by atoms with Gasteiger partial charge in [0.2, 0.25) is 10.0 Å². The van der Waals surface area contributed by atoms with Gasteiger partial charge in [0, 0.05) is 18.2 Å². The summed E-state index contributed by atoms with van der Waals surface area (Å²) >= 11 is 0. The molecular weight excluding hydrogens is 324 g/mol. The van der Waals surface area contributed by atoms with E-state index in [4.69, 9.17) is 5.73 Å². The Hall–Kier alpha value is -1.19. The normalized spacial score (nSPS) is 24.4. The third-order valence-corrected chi connectivity index (χ3v) is 5.40. The molecule has 1 fully saturated rings. The van der Waals surface area contributed by atoms with Gasteiger partial charge in [-0.05, 0) is 18.9 Å². The van der Waals surface area contributed by atoms with Gasteiger partial charge in [0.05, 0.1) is 5.75 Å². The van der Waals surface area contributed by atoms with Crippen LogP contribution in [0.15, 0.2) is 24.3 Å². The highest BCUT2D eigenvalue weighted by molar-refractivity contribution is 7.88. The Labute approximate surface area is 126 Å². The fourth-order valence-electron chi connectivity index (χ4n) is 2.49. The predicted octanol–water partition coefficient (Wildman–Crippen LogP) is 2.01. The minimum absolute atomic E-state index is 0.0931. The molecular formula is C13H16F4N2O2S. The molecule has 1 saturated heterocycles. The van der Waals surface area contributed by atoms with Crippen molar-refractivity contribution in [3.05, 3.63) is 35.6 Å². The van der Waals surface area contributed by atoms with Gasteiger partial charge >= 0.3 is 6.18 Å². The fourth-order valence-corrected chi connectivity index (χ4v) is 4.32. The van der Waals surface area contributed by atoms with Gasteiger partial charge in [0.15, 0.2) is 0 Å². The number of alkyl halides is 3. The van der Waals surface area contributed by atoms with Crippen molar-refractivity contribution < 1.29 is 26.0 Å². The number of sulfonamides is 1. The van der Waals surface area contributed by atoms with Crippen molar-refractivity contribution in [1.82, 2.24) is 4.31 Å². The fraction of sp³-hybridized carbons (Fsp3) is 0.538. The Morgan fingerprint density at radius 1 is 1.23 bits per heavy atom. The van der Waals surface area contributed by atoms with Crippen molar-refractivity contribution in [2.45, 2.75) is 36.9 Å². The summed E-state index contributed by atoms with van der Waals surface area (Å²) in [7, 11) is -4.33. The van der Waals surface area contributed by atoms with Gasteiger partial charge in [0.1, 0.15) is 11.9 Å². The molecule has 22 heavy (non-hydrogen) atoms. The van der Waals surface area contributed by atoms with E-state index in [1.165, 1.54) is 18.2 Å². The van der Waals surface area contributed by atoms with Gasteiger partial charge in [-0.3, -0.25) is 0 Å². The van der Waals surface area contributed by atoms with Crippen LogP contribution in [-0.4, -0.2) is 37.5 Å². The Kier molecular flexibility index (Phi) is 4.78. The first-order chi connectivity index (χ1) is 10.1. The molecule has 2 unspecified atom stereocenters. The zero-order chi connectivity index (χ0) is 16.5. The SMILES string of the molecule is NC1CCC(C(F)(F)F)N(S(=O)(=O)Cc2ccccc2F)C1. The van der Waals surface area contributed by atoms with Crippen LogP contribution >= 0.6 is 0 Å². The molecule has 0 aliphatic carbocycles. The summed E-state index contributed by atoms with van der Waals surface area (Å²) in [4.78, 5) is 0. The molecule has 2 N–H and O–H groups in total. The molecule has 0 aromatic heterocycles. The largest absolute Gasteiger partial charge is 0.405 e. The van der Waals surface area contributed by atoms with Crippen LogP contribution in [0, 0.1) is 5.82 Å². The zero-order valence-corrected chi connectivity index (χ0v) is 12.4. The first kappa shape index (κ1) is 17.2. The van der Waals surface area contributed by atoms with Gasteiger partial charge in [-0.15, -0.1) is 0 Å². The highest BCUT2D eigenvalue weighted by Gasteiger charge is 2.49. The van der Waals surface area contributed by atoms with Crippen LogP contribution < -0.4 is 5.73 Å². The molecule has 0 bridgehead atoms. The average Bonchev–Trinajstić information content (AvgIpc) is 2.40. The van der Waals surface area contributed by atoms with Gasteiger partial charge in [-0.2, -0.15) is 17.5 Å². The summed E-state index contributed by atoms with van der Waals surface area (Å²) in [5.41, 5.74) is 5.44. The second kappa shape index (κ2) is 6.13. The average molecular weight is 340 g/mol. The van der Waals surface area contributed by atoms with Gasteiger partial charge in [-0.1, -0.05) is 18.2 Å². The van der Waals surface area contributed by atoms with Gasteiger partial charge in [0.25, 0.3) is 0 Å². The Morgan fingerprint density at radius 2 is 1.86 bits per heavy atom. The number of rotatable bonds is 3.